The van der Waals surface area contributed by atoms with Crippen LogP contribution in [0.2, 0.25) is 0 Å². The van der Waals surface area contributed by atoms with Crippen molar-refractivity contribution in [3.8, 4) is 0 Å². The van der Waals surface area contributed by atoms with Crippen molar-refractivity contribution in [1.29, 1.82) is 0 Å². The molecule has 12 aromatic rings. The fraction of sp³-hybridized carbons (Fsp3) is 0.491. The fourth-order valence-corrected chi connectivity index (χ4v) is 20.9. The minimum absolute atomic E-state index is 0.00954. The molecule has 6 aromatic carbocycles. The molecule has 0 saturated carbocycles. The van der Waals surface area contributed by atoms with Gasteiger partial charge in [-0.05, 0) is 256 Å². The molecule has 0 radical (unpaired) electrons. The molecule has 133 heavy (non-hydrogen) atoms. The molecule has 12 heterocycles. The standard InChI is InChI=1S/C19H26N2O2.2C18H24N2O2.3C17H22N2O3/c1-13-5-4-6-16-17(13)9-14(20-18(16)23)7-8-21-12-19(2,3)10-15(21)11-22;1-13-5-3-6-15-16(13)11-14(19-17(15)22)7-10-20-9-4-8-18(20,2)12-21;1-12-4-3-5-15-16(12)10-14(19-18(15)22)7-9-20-8-6-13(2)17(20)11-21;3*1-11-3-2-4-15-16(11)7-12(18-17(15)22)5-6-19-9-14(21)8-13(19)10-20/h4-6,9,15,22H,7-8,10-12H2,1-3H3,(H,20,23);3,5-6,11,21H,4,7-10,12H2,1-2H3,(H,19,22);3-5,10,13,17,21H,6-9,11H2,1-2H3,(H,19,22);3*2-4,7,13-14,20-21H,5-6,8-10H2,1H3,(H,18,22)/t;18-;13-,17-;2*13-,14+;13-,14-/m.10101/s1. The van der Waals surface area contributed by atoms with Crippen molar-refractivity contribution in [2.24, 2.45) is 11.3 Å². The number of aryl methyl sites for hydroxylation is 6. The molecule has 6 aliphatic heterocycles. The minimum atomic E-state index is -0.366. The van der Waals surface area contributed by atoms with E-state index in [-0.39, 0.29) is 132 Å². The molecule has 15 N–H and O–H groups in total. The Kier molecular flexibility index (Phi) is 34.4. The summed E-state index contributed by atoms with van der Waals surface area (Å²) in [7, 11) is 0. The first-order valence-corrected chi connectivity index (χ1v) is 47.6. The smallest absolute Gasteiger partial charge is 0.256 e. The number of pyridine rings is 6. The SMILES string of the molecule is Cc1cccc2c(=O)[nH]c(CCN3CC(C)(C)CC3CO)cc12.Cc1cccc2c(=O)[nH]c(CCN3CCC[C@]3(C)CO)cc12.Cc1cccc2c(=O)[nH]c(CCN3CC[C@H](C)[C@@H]3CO)cc12.Cc1cccc2c(=O)[nH]c(CCN3C[C@@H](O)C[C@@H]3CO)cc12.Cc1cccc2c(=O)[nH]c(CCN3C[C@H](O)C[C@@H]3CO)cc12.Cc1cccc2c(=O)[nH]c(CCN3C[C@H](O)C[C@H]3CO)cc12. The van der Waals surface area contributed by atoms with Crippen LogP contribution in [0.4, 0.5) is 0 Å². The molecule has 27 nitrogen and oxygen atoms in total. The number of aromatic nitrogens is 6. The average molecular weight is 1820 g/mol. The highest BCUT2D eigenvalue weighted by Crippen LogP contribution is 2.35. The van der Waals surface area contributed by atoms with Crippen molar-refractivity contribution in [3.63, 3.8) is 0 Å². The van der Waals surface area contributed by atoms with Crippen LogP contribution in [0.5, 0.6) is 0 Å². The van der Waals surface area contributed by atoms with Crippen LogP contribution in [0.25, 0.3) is 64.6 Å². The molecule has 6 aromatic heterocycles. The van der Waals surface area contributed by atoms with E-state index in [1.165, 1.54) is 0 Å². The summed E-state index contributed by atoms with van der Waals surface area (Å²) in [5, 5.41) is 96.4. The highest BCUT2D eigenvalue weighted by Gasteiger charge is 2.39. The van der Waals surface area contributed by atoms with Gasteiger partial charge in [-0.2, -0.15) is 0 Å². The summed E-state index contributed by atoms with van der Waals surface area (Å²) in [4.78, 5) is 104. The normalized spacial score (nSPS) is 22.3. The lowest BCUT2D eigenvalue weighted by Crippen LogP contribution is -2.45. The second-order valence-electron chi connectivity index (χ2n) is 39.1. The van der Waals surface area contributed by atoms with Gasteiger partial charge in [-0.15, -0.1) is 0 Å². The number of H-pyrrole nitrogens is 6. The molecule has 0 amide bonds. The van der Waals surface area contributed by atoms with E-state index in [1.54, 1.807) is 0 Å². The first kappa shape index (κ1) is 100. The molecule has 6 fully saturated rings. The maximum absolute atomic E-state index is 12.3. The first-order chi connectivity index (χ1) is 63.8. The van der Waals surface area contributed by atoms with E-state index in [9.17, 15) is 74.7 Å². The number of hydrogen-bond donors (Lipinski definition) is 15. The summed E-state index contributed by atoms with van der Waals surface area (Å²) >= 11 is 0. The van der Waals surface area contributed by atoms with Gasteiger partial charge in [0.2, 0.25) is 0 Å². The van der Waals surface area contributed by atoms with Gasteiger partial charge in [-0.25, -0.2) is 0 Å². The molecule has 714 valence electrons. The number of fused-ring (bicyclic) bond motifs is 6. The number of aliphatic hydroxyl groups excluding tert-OH is 9. The van der Waals surface area contributed by atoms with Crippen molar-refractivity contribution in [2.45, 2.75) is 207 Å². The van der Waals surface area contributed by atoms with E-state index in [1.807, 2.05) is 169 Å². The molecular formula is C106H140N12O15. The summed E-state index contributed by atoms with van der Waals surface area (Å²) in [5.41, 5.74) is 12.2. The second-order valence-corrected chi connectivity index (χ2v) is 39.1. The summed E-state index contributed by atoms with van der Waals surface area (Å²) in [6.07, 6.45) is 9.58. The fourth-order valence-electron chi connectivity index (χ4n) is 20.9. The van der Waals surface area contributed by atoms with Gasteiger partial charge >= 0.3 is 0 Å². The molecule has 18 rings (SSSR count). The molecule has 27 heteroatoms. The minimum Gasteiger partial charge on any atom is -0.395 e. The van der Waals surface area contributed by atoms with Gasteiger partial charge < -0.3 is 75.9 Å². The van der Waals surface area contributed by atoms with Crippen LogP contribution in [0, 0.1) is 52.9 Å². The van der Waals surface area contributed by atoms with Crippen molar-refractivity contribution in [2.75, 3.05) is 118 Å². The lowest BCUT2D eigenvalue weighted by Gasteiger charge is -2.33. The lowest BCUT2D eigenvalue weighted by atomic mass is 9.91. The van der Waals surface area contributed by atoms with E-state index in [0.717, 1.165) is 220 Å². The molecule has 1 unspecified atom stereocenters. The Morgan fingerprint density at radius 3 is 0.880 bits per heavy atom. The summed E-state index contributed by atoms with van der Waals surface area (Å²) in [5.74, 6) is 0.544. The Hall–Kier alpha value is -10.0. The quantitative estimate of drug-likeness (QED) is 0.0268. The van der Waals surface area contributed by atoms with Gasteiger partial charge in [0.15, 0.2) is 0 Å². The molecule has 10 atom stereocenters. The van der Waals surface area contributed by atoms with E-state index < -0.39 is 0 Å². The van der Waals surface area contributed by atoms with E-state index >= 15 is 0 Å². The number of nitrogens with zero attached hydrogens (tertiary/aromatic N) is 6. The van der Waals surface area contributed by atoms with Gasteiger partial charge in [0.1, 0.15) is 0 Å². The number of aromatic amines is 6. The maximum Gasteiger partial charge on any atom is 0.256 e. The van der Waals surface area contributed by atoms with Crippen molar-refractivity contribution in [3.05, 3.63) is 275 Å². The van der Waals surface area contributed by atoms with Crippen molar-refractivity contribution < 1.29 is 46.0 Å². The first-order valence-electron chi connectivity index (χ1n) is 47.6. The average Bonchev–Trinajstić information content (AvgIpc) is 1.49. The largest absolute Gasteiger partial charge is 0.395 e. The Balaban J connectivity index is 0.000000136. The monoisotopic (exact) mass is 1820 g/mol. The van der Waals surface area contributed by atoms with Gasteiger partial charge in [0.25, 0.3) is 33.4 Å². The number of rotatable bonds is 24. The zero-order valence-electron chi connectivity index (χ0n) is 79.1. The Bertz CT molecular complexity index is 5900. The Morgan fingerprint density at radius 2 is 0.609 bits per heavy atom. The number of nitrogens with one attached hydrogen (secondary N) is 6. The third-order valence-corrected chi connectivity index (χ3v) is 28.7. The van der Waals surface area contributed by atoms with E-state index in [4.69, 9.17) is 0 Å². The van der Waals surface area contributed by atoms with Crippen LogP contribution < -0.4 is 33.4 Å². The molecular weight excluding hydrogens is 1680 g/mol. The molecule has 6 saturated heterocycles. The van der Waals surface area contributed by atoms with E-state index in [0.29, 0.717) is 80.2 Å². The van der Waals surface area contributed by atoms with E-state index in [2.05, 4.69) is 105 Å². The van der Waals surface area contributed by atoms with Gasteiger partial charge in [-0.1, -0.05) is 93.6 Å². The molecule has 0 bridgehead atoms. The lowest BCUT2D eigenvalue weighted by molar-refractivity contribution is 0.0798. The molecule has 0 spiro atoms. The topological polar surface area (TPSA) is 399 Å². The predicted molar refractivity (Wildman–Crippen MR) is 531 cm³/mol. The highest BCUT2D eigenvalue weighted by atomic mass is 16.3. The molecule has 0 aliphatic carbocycles. The van der Waals surface area contributed by atoms with Crippen molar-refractivity contribution >= 4 is 64.6 Å². The van der Waals surface area contributed by atoms with Crippen LogP contribution in [0.1, 0.15) is 140 Å². The van der Waals surface area contributed by atoms with Crippen molar-refractivity contribution in [1.82, 2.24) is 59.3 Å². The predicted octanol–water partition coefficient (Wildman–Crippen LogP) is 9.20. The second kappa shape index (κ2) is 45.5. The summed E-state index contributed by atoms with van der Waals surface area (Å²) in [6, 6.07) is 47.6. The Morgan fingerprint density at radius 1 is 0.338 bits per heavy atom. The Labute approximate surface area is 777 Å². The number of β-amino-alcohol motifs (C(OH)–C–C–N with tert-alkyl or cyclic N) is 3. The van der Waals surface area contributed by atoms with Crippen LogP contribution in [0.3, 0.4) is 0 Å². The zero-order chi connectivity index (χ0) is 95.1. The van der Waals surface area contributed by atoms with Crippen LogP contribution >= 0.6 is 0 Å². The van der Waals surface area contributed by atoms with Crippen LogP contribution in [0.15, 0.2) is 174 Å². The molecule has 6 aliphatic rings. The number of likely N-dealkylation sites (tertiary alicyclic amines) is 6. The number of benzene rings is 6. The zero-order valence-corrected chi connectivity index (χ0v) is 79.1. The summed E-state index contributed by atoms with van der Waals surface area (Å²) < 4.78 is 0. The van der Waals surface area contributed by atoms with Gasteiger partial charge in [-0.3, -0.25) is 58.2 Å². The van der Waals surface area contributed by atoms with Gasteiger partial charge in [0.05, 0.1) is 58.0 Å². The number of hydrogen-bond acceptors (Lipinski definition) is 21. The third-order valence-electron chi connectivity index (χ3n) is 28.7. The van der Waals surface area contributed by atoms with Gasteiger partial charge in [0, 0.05) is 206 Å². The van der Waals surface area contributed by atoms with Crippen LogP contribution in [-0.4, -0.2) is 278 Å². The highest BCUT2D eigenvalue weighted by molar-refractivity contribution is 5.89. The number of aliphatic hydroxyl groups is 9. The third kappa shape index (κ3) is 25.0. The summed E-state index contributed by atoms with van der Waals surface area (Å²) in [6.45, 7) is 31.3. The van der Waals surface area contributed by atoms with Crippen LogP contribution in [-0.2, 0) is 38.5 Å². The maximum atomic E-state index is 12.3.